The zero-order chi connectivity index (χ0) is 35.8. The summed E-state index contributed by atoms with van der Waals surface area (Å²) >= 11 is 0. The molecule has 2 aliphatic heterocycles. The van der Waals surface area contributed by atoms with E-state index < -0.39 is 24.2 Å². The number of H-pyrrole nitrogens is 1. The summed E-state index contributed by atoms with van der Waals surface area (Å²) in [4.78, 5) is 51.2. The van der Waals surface area contributed by atoms with Gasteiger partial charge in [-0.2, -0.15) is 13.2 Å². The van der Waals surface area contributed by atoms with Crippen LogP contribution in [0, 0.1) is 11.8 Å². The molecule has 0 aliphatic carbocycles. The number of hydrogen-bond donors (Lipinski definition) is 2. The van der Waals surface area contributed by atoms with Gasteiger partial charge in [-0.25, -0.2) is 19.9 Å². The zero-order valence-corrected chi connectivity index (χ0v) is 28.5. The molecule has 2 aliphatic rings. The van der Waals surface area contributed by atoms with Crippen molar-refractivity contribution >= 4 is 45.2 Å². The number of aromatic nitrogens is 8. The molecule has 2 N–H and O–H groups in total. The highest BCUT2D eigenvalue weighted by Gasteiger charge is 2.39. The molecule has 0 spiro atoms. The summed E-state index contributed by atoms with van der Waals surface area (Å²) in [5.74, 6) is 0.316. The Labute approximate surface area is 290 Å². The third-order valence-electron chi connectivity index (χ3n) is 10.9. The molecule has 6 aromatic heterocycles. The molecule has 1 unspecified atom stereocenters. The number of nitrogens with one attached hydrogen (secondary N) is 1. The smallest absolute Gasteiger partial charge is 0.370 e. The largest absolute Gasteiger partial charge is 0.397 e. The minimum Gasteiger partial charge on any atom is -0.370 e. The molecule has 0 bridgehead atoms. The van der Waals surface area contributed by atoms with Crippen LogP contribution in [-0.2, 0) is 15.3 Å². The van der Waals surface area contributed by atoms with E-state index in [1.165, 1.54) is 4.90 Å². The average molecular weight is 705 g/mol. The van der Waals surface area contributed by atoms with Crippen LogP contribution in [0.4, 0.5) is 13.2 Å². The average Bonchev–Trinajstić information content (AvgIpc) is 3.88. The molecule has 16 heteroatoms. The second-order valence-corrected chi connectivity index (χ2v) is 14.5. The number of likely N-dealkylation sites (tertiary alicyclic amines) is 2. The third-order valence-corrected chi connectivity index (χ3v) is 10.9. The maximum Gasteiger partial charge on any atom is 0.397 e. The summed E-state index contributed by atoms with van der Waals surface area (Å²) < 4.78 is 44.6. The van der Waals surface area contributed by atoms with Crippen LogP contribution in [0.2, 0.25) is 0 Å². The number of halogens is 3. The van der Waals surface area contributed by atoms with E-state index in [1.807, 2.05) is 23.6 Å². The molecule has 13 nitrogen and oxygen atoms in total. The summed E-state index contributed by atoms with van der Waals surface area (Å²) in [5.41, 5.74) is 2.64. The highest BCUT2D eigenvalue weighted by molar-refractivity contribution is 5.80. The molecular weight excluding hydrogens is 665 g/mol. The Balaban J connectivity index is 1.05. The van der Waals surface area contributed by atoms with Crippen LogP contribution in [0.15, 0.2) is 49.3 Å². The van der Waals surface area contributed by atoms with Gasteiger partial charge in [-0.05, 0) is 43.7 Å². The van der Waals surface area contributed by atoms with E-state index in [0.717, 1.165) is 28.9 Å². The summed E-state index contributed by atoms with van der Waals surface area (Å²) in [6.45, 7) is 7.15. The van der Waals surface area contributed by atoms with Crippen molar-refractivity contribution in [1.82, 2.24) is 48.1 Å². The van der Waals surface area contributed by atoms with E-state index in [2.05, 4.69) is 31.3 Å². The van der Waals surface area contributed by atoms with Gasteiger partial charge >= 0.3 is 6.18 Å². The lowest BCUT2D eigenvalue weighted by atomic mass is 9.86. The van der Waals surface area contributed by atoms with Gasteiger partial charge in [-0.15, -0.1) is 0 Å². The summed E-state index contributed by atoms with van der Waals surface area (Å²) in [6, 6.07) is 3.76. The Morgan fingerprint density at radius 1 is 0.824 bits per heavy atom. The number of amides is 2. The predicted octanol–water partition coefficient (Wildman–Crippen LogP) is 4.82. The van der Waals surface area contributed by atoms with Crippen molar-refractivity contribution in [2.24, 2.45) is 11.8 Å². The van der Waals surface area contributed by atoms with E-state index >= 15 is 0 Å². The highest BCUT2D eigenvalue weighted by Crippen LogP contribution is 2.37. The first-order valence-electron chi connectivity index (χ1n) is 17.3. The molecule has 0 saturated carbocycles. The minimum atomic E-state index is -4.58. The Morgan fingerprint density at radius 3 is 1.98 bits per heavy atom. The van der Waals surface area contributed by atoms with Crippen LogP contribution in [-0.4, -0.2) is 97.4 Å². The van der Waals surface area contributed by atoms with Crippen LogP contribution in [0.1, 0.15) is 69.9 Å². The number of hydrogen-bond acceptors (Lipinski definition) is 7. The van der Waals surface area contributed by atoms with Gasteiger partial charge in [-0.1, -0.05) is 13.8 Å². The number of rotatable bonds is 6. The van der Waals surface area contributed by atoms with Gasteiger partial charge < -0.3 is 24.5 Å². The topological polar surface area (TPSA) is 142 Å². The number of fused-ring (bicyclic) bond motifs is 6. The molecule has 6 aromatic rings. The van der Waals surface area contributed by atoms with Crippen LogP contribution in [0.3, 0.4) is 0 Å². The molecule has 51 heavy (non-hydrogen) atoms. The first kappa shape index (κ1) is 33.2. The Bertz CT molecular complexity index is 2280. The van der Waals surface area contributed by atoms with Crippen LogP contribution < -0.4 is 0 Å². The molecule has 2 amide bonds. The van der Waals surface area contributed by atoms with E-state index in [1.54, 1.807) is 53.4 Å². The van der Waals surface area contributed by atoms with Crippen molar-refractivity contribution in [2.75, 3.05) is 26.2 Å². The van der Waals surface area contributed by atoms with E-state index in [-0.39, 0.29) is 49.1 Å². The molecule has 8 rings (SSSR count). The molecule has 0 aromatic carbocycles. The van der Waals surface area contributed by atoms with Crippen molar-refractivity contribution in [3.8, 4) is 0 Å². The lowest BCUT2D eigenvalue weighted by Crippen LogP contribution is -2.45. The fourth-order valence-electron chi connectivity index (χ4n) is 8.02. The third kappa shape index (κ3) is 5.78. The van der Waals surface area contributed by atoms with E-state index in [9.17, 15) is 27.9 Å². The van der Waals surface area contributed by atoms with Crippen molar-refractivity contribution in [2.45, 2.75) is 70.2 Å². The number of aliphatic hydroxyl groups is 1. The van der Waals surface area contributed by atoms with Gasteiger partial charge in [0.15, 0.2) is 11.3 Å². The number of piperidine rings is 2. The summed E-state index contributed by atoms with van der Waals surface area (Å²) in [5, 5.41) is 11.9. The zero-order valence-electron chi connectivity index (χ0n) is 28.5. The molecule has 2 saturated heterocycles. The minimum absolute atomic E-state index is 0.0282. The molecule has 8 heterocycles. The number of carbonyl (C=O) groups excluding carboxylic acids is 2. The molecule has 268 valence electrons. The highest BCUT2D eigenvalue weighted by atomic mass is 19.4. The number of nitrogens with zero attached hydrogens (tertiary/aromatic N) is 9. The summed E-state index contributed by atoms with van der Waals surface area (Å²) in [6.07, 6.45) is 5.44. The Hall–Kier alpha value is -4.99. The van der Waals surface area contributed by atoms with Gasteiger partial charge in [0.05, 0.1) is 53.3 Å². The molecule has 2 fully saturated rings. The van der Waals surface area contributed by atoms with Gasteiger partial charge in [0, 0.05) is 50.4 Å². The summed E-state index contributed by atoms with van der Waals surface area (Å²) in [7, 11) is 0. The van der Waals surface area contributed by atoms with Gasteiger partial charge in [-0.3, -0.25) is 18.4 Å². The van der Waals surface area contributed by atoms with Crippen LogP contribution in [0.5, 0.6) is 0 Å². The Morgan fingerprint density at radius 2 is 1.37 bits per heavy atom. The van der Waals surface area contributed by atoms with Crippen molar-refractivity contribution < 1.29 is 27.9 Å². The van der Waals surface area contributed by atoms with Gasteiger partial charge in [0.2, 0.25) is 11.8 Å². The lowest BCUT2D eigenvalue weighted by molar-refractivity contribution is -0.162. The molecule has 0 radical (unpaired) electrons. The van der Waals surface area contributed by atoms with Crippen molar-refractivity contribution in [3.05, 3.63) is 61.0 Å². The number of aromatic amines is 1. The fraction of sp³-hybridized carbons (Fsp3) is 0.486. The van der Waals surface area contributed by atoms with Crippen molar-refractivity contribution in [3.63, 3.8) is 0 Å². The number of imidazole rings is 2. The quantitative estimate of drug-likeness (QED) is 0.253. The SMILES string of the molecule is C[C@@H]1CCN(C(=O)CC(C)(O)n2ccc3c2ncc2cnc([C@H]4CN(C(=O)CC(F)(F)F)CC[C@H]4C)n23)C[C@@H]1c1ncc2cnc3[nH]ccc3n12. The lowest BCUT2D eigenvalue weighted by Gasteiger charge is -2.38. The fourth-order valence-corrected chi connectivity index (χ4v) is 8.02. The van der Waals surface area contributed by atoms with Crippen molar-refractivity contribution in [1.29, 1.82) is 0 Å². The van der Waals surface area contributed by atoms with Gasteiger partial charge in [0.1, 0.15) is 23.8 Å². The number of carbonyl (C=O) groups is 2. The van der Waals surface area contributed by atoms with Crippen LogP contribution >= 0.6 is 0 Å². The maximum atomic E-state index is 13.9. The van der Waals surface area contributed by atoms with E-state index in [4.69, 9.17) is 4.98 Å². The molecule has 5 atom stereocenters. The standard InChI is InChI=1S/C35H39F3N10O3/c1-20-5-9-44(18-24(20)31-41-15-22-14-40-30-26(47(22)31)4-8-39-30)28(49)12-34(3,51)46-11-7-27-33(46)43-17-23-16-42-32(48(23)27)25-19-45(10-6-21(25)2)29(50)13-35(36,37)38/h4,7-8,11,14-17,20-21,24-25,39,51H,5-6,9-10,12-13,18-19H2,1-3H3/t20-,21-,24+,25+,34?/m1/s1. The monoisotopic (exact) mass is 704 g/mol. The van der Waals surface area contributed by atoms with Crippen LogP contribution in [0.25, 0.3) is 33.4 Å². The first-order valence-corrected chi connectivity index (χ1v) is 17.3. The normalized spacial score (nSPS) is 23.1. The maximum absolute atomic E-state index is 13.9. The second-order valence-electron chi connectivity index (χ2n) is 14.5. The predicted molar refractivity (Wildman–Crippen MR) is 181 cm³/mol. The molecular formula is C35H39F3N10O3. The first-order chi connectivity index (χ1) is 24.3. The number of alkyl halides is 3. The second kappa shape index (κ2) is 12.1. The van der Waals surface area contributed by atoms with Gasteiger partial charge in [0.25, 0.3) is 0 Å². The van der Waals surface area contributed by atoms with E-state index in [0.29, 0.717) is 42.0 Å². The Kier molecular flexibility index (Phi) is 7.85.